The second-order valence-electron chi connectivity index (χ2n) is 4.86. The van der Waals surface area contributed by atoms with Crippen molar-refractivity contribution in [3.8, 4) is 0 Å². The van der Waals surface area contributed by atoms with E-state index in [-0.39, 0.29) is 4.90 Å². The van der Waals surface area contributed by atoms with E-state index in [1.807, 2.05) is 25.1 Å². The number of nitrogens with one attached hydrogen (secondary N) is 1. The number of hydrogen-bond acceptors (Lipinski definition) is 3. The molecule has 0 amide bonds. The zero-order valence-corrected chi connectivity index (χ0v) is 12.6. The molecular weight excluding hydrogens is 272 g/mol. The van der Waals surface area contributed by atoms with E-state index in [1.165, 1.54) is 0 Å². The Bertz CT molecular complexity index is 752. The SMILES string of the molecule is Cc1ccccc1NS(=O)(=O)c1c(C)ccc(C)c1N. The summed E-state index contributed by atoms with van der Waals surface area (Å²) in [7, 11) is -3.69. The molecule has 0 saturated heterocycles. The summed E-state index contributed by atoms with van der Waals surface area (Å²) < 4.78 is 27.7. The minimum atomic E-state index is -3.69. The number of benzene rings is 2. The van der Waals surface area contributed by atoms with Gasteiger partial charge in [0.15, 0.2) is 0 Å². The van der Waals surface area contributed by atoms with E-state index < -0.39 is 10.0 Å². The van der Waals surface area contributed by atoms with Crippen molar-refractivity contribution in [2.24, 2.45) is 0 Å². The molecule has 0 saturated carbocycles. The molecule has 5 heteroatoms. The fraction of sp³-hybridized carbons (Fsp3) is 0.200. The van der Waals surface area contributed by atoms with Gasteiger partial charge < -0.3 is 5.73 Å². The van der Waals surface area contributed by atoms with Gasteiger partial charge in [0.25, 0.3) is 10.0 Å². The summed E-state index contributed by atoms with van der Waals surface area (Å²) in [6.07, 6.45) is 0. The van der Waals surface area contributed by atoms with Gasteiger partial charge in [0.05, 0.1) is 11.4 Å². The Morgan fingerprint density at radius 1 is 0.900 bits per heavy atom. The largest absolute Gasteiger partial charge is 0.397 e. The number of sulfonamides is 1. The zero-order chi connectivity index (χ0) is 14.9. The van der Waals surface area contributed by atoms with Crippen molar-refractivity contribution in [1.82, 2.24) is 0 Å². The van der Waals surface area contributed by atoms with Gasteiger partial charge >= 0.3 is 0 Å². The maximum atomic E-state index is 12.6. The second-order valence-corrected chi connectivity index (χ2v) is 6.48. The lowest BCUT2D eigenvalue weighted by atomic mass is 10.1. The summed E-state index contributed by atoms with van der Waals surface area (Å²) in [6.45, 7) is 5.38. The highest BCUT2D eigenvalue weighted by molar-refractivity contribution is 7.93. The van der Waals surface area contributed by atoms with Crippen LogP contribution in [0.5, 0.6) is 0 Å². The summed E-state index contributed by atoms with van der Waals surface area (Å²) in [5.74, 6) is 0. The number of nitrogen functional groups attached to an aromatic ring is 1. The van der Waals surface area contributed by atoms with E-state index in [0.29, 0.717) is 16.9 Å². The quantitative estimate of drug-likeness (QED) is 0.854. The predicted octanol–water partition coefficient (Wildman–Crippen LogP) is 2.99. The normalized spacial score (nSPS) is 11.3. The third-order valence-corrected chi connectivity index (χ3v) is 4.84. The van der Waals surface area contributed by atoms with Crippen LogP contribution in [0.25, 0.3) is 0 Å². The first kappa shape index (κ1) is 14.4. The minimum absolute atomic E-state index is 0.153. The number of anilines is 2. The van der Waals surface area contributed by atoms with Gasteiger partial charge in [-0.2, -0.15) is 0 Å². The number of para-hydroxylation sites is 1. The molecule has 0 bridgehead atoms. The molecule has 0 aliphatic carbocycles. The van der Waals surface area contributed by atoms with Crippen LogP contribution in [0.4, 0.5) is 11.4 Å². The Balaban J connectivity index is 2.52. The molecule has 20 heavy (non-hydrogen) atoms. The van der Waals surface area contributed by atoms with Gasteiger partial charge in [0.1, 0.15) is 4.90 Å². The third-order valence-electron chi connectivity index (χ3n) is 3.27. The van der Waals surface area contributed by atoms with Crippen molar-refractivity contribution in [2.75, 3.05) is 10.5 Å². The first-order chi connectivity index (χ1) is 9.33. The fourth-order valence-corrected chi connectivity index (χ4v) is 3.61. The van der Waals surface area contributed by atoms with Gasteiger partial charge in [0.2, 0.25) is 0 Å². The van der Waals surface area contributed by atoms with E-state index in [2.05, 4.69) is 4.72 Å². The van der Waals surface area contributed by atoms with Crippen LogP contribution in [0, 0.1) is 20.8 Å². The number of rotatable bonds is 3. The Labute approximate surface area is 119 Å². The van der Waals surface area contributed by atoms with Crippen molar-refractivity contribution in [2.45, 2.75) is 25.7 Å². The van der Waals surface area contributed by atoms with Gasteiger partial charge in [-0.1, -0.05) is 30.3 Å². The van der Waals surface area contributed by atoms with Crippen molar-refractivity contribution in [3.05, 3.63) is 53.1 Å². The minimum Gasteiger partial charge on any atom is -0.397 e. The van der Waals surface area contributed by atoms with E-state index >= 15 is 0 Å². The van der Waals surface area contributed by atoms with Crippen molar-refractivity contribution in [3.63, 3.8) is 0 Å². The van der Waals surface area contributed by atoms with Crippen molar-refractivity contribution >= 4 is 21.4 Å². The van der Waals surface area contributed by atoms with Gasteiger partial charge in [-0.05, 0) is 43.5 Å². The molecular formula is C15H18N2O2S. The molecule has 0 aromatic heterocycles. The number of hydrogen-bond donors (Lipinski definition) is 2. The van der Waals surface area contributed by atoms with Crippen LogP contribution >= 0.6 is 0 Å². The maximum Gasteiger partial charge on any atom is 0.264 e. The Kier molecular flexibility index (Phi) is 3.72. The molecule has 0 aliphatic rings. The fourth-order valence-electron chi connectivity index (χ4n) is 2.05. The molecule has 0 atom stereocenters. The summed E-state index contributed by atoms with van der Waals surface area (Å²) in [6, 6.07) is 10.8. The molecule has 0 aliphatic heterocycles. The summed E-state index contributed by atoms with van der Waals surface area (Å²) in [5.41, 5.74) is 9.05. The van der Waals surface area contributed by atoms with Gasteiger partial charge in [-0.25, -0.2) is 8.42 Å². The molecule has 106 valence electrons. The lowest BCUT2D eigenvalue weighted by molar-refractivity contribution is 0.601. The van der Waals surface area contributed by atoms with Gasteiger partial charge in [-0.3, -0.25) is 4.72 Å². The average molecular weight is 290 g/mol. The molecule has 0 unspecified atom stereocenters. The van der Waals surface area contributed by atoms with E-state index in [4.69, 9.17) is 5.73 Å². The van der Waals surface area contributed by atoms with Gasteiger partial charge in [-0.15, -0.1) is 0 Å². The highest BCUT2D eigenvalue weighted by Gasteiger charge is 2.21. The Hall–Kier alpha value is -2.01. The predicted molar refractivity (Wildman–Crippen MR) is 82.3 cm³/mol. The highest BCUT2D eigenvalue weighted by Crippen LogP contribution is 2.28. The smallest absolute Gasteiger partial charge is 0.264 e. The molecule has 2 rings (SSSR count). The van der Waals surface area contributed by atoms with Crippen LogP contribution in [-0.2, 0) is 10.0 Å². The van der Waals surface area contributed by atoms with Crippen LogP contribution in [0.2, 0.25) is 0 Å². The van der Waals surface area contributed by atoms with Gasteiger partial charge in [0, 0.05) is 0 Å². The lowest BCUT2D eigenvalue weighted by Crippen LogP contribution is -2.17. The summed E-state index contributed by atoms with van der Waals surface area (Å²) in [5, 5.41) is 0. The first-order valence-corrected chi connectivity index (χ1v) is 7.75. The van der Waals surface area contributed by atoms with E-state index in [0.717, 1.165) is 11.1 Å². The topological polar surface area (TPSA) is 72.2 Å². The Morgan fingerprint density at radius 3 is 2.15 bits per heavy atom. The molecule has 3 N–H and O–H groups in total. The number of aryl methyl sites for hydroxylation is 3. The van der Waals surface area contributed by atoms with Crippen LogP contribution in [-0.4, -0.2) is 8.42 Å². The van der Waals surface area contributed by atoms with Crippen molar-refractivity contribution < 1.29 is 8.42 Å². The molecule has 0 radical (unpaired) electrons. The average Bonchev–Trinajstić information content (AvgIpc) is 2.37. The van der Waals surface area contributed by atoms with Crippen molar-refractivity contribution in [1.29, 1.82) is 0 Å². The molecule has 0 fully saturated rings. The molecule has 0 heterocycles. The molecule has 4 nitrogen and oxygen atoms in total. The van der Waals surface area contributed by atoms with Crippen LogP contribution in [0.1, 0.15) is 16.7 Å². The van der Waals surface area contributed by atoms with E-state index in [9.17, 15) is 8.42 Å². The molecule has 2 aromatic rings. The third kappa shape index (κ3) is 2.63. The highest BCUT2D eigenvalue weighted by atomic mass is 32.2. The molecule has 2 aromatic carbocycles. The zero-order valence-electron chi connectivity index (χ0n) is 11.8. The summed E-state index contributed by atoms with van der Waals surface area (Å²) >= 11 is 0. The number of nitrogens with two attached hydrogens (primary N) is 1. The standard InChI is InChI=1S/C15H18N2O2S/c1-10-6-4-5-7-13(10)17-20(18,19)15-12(3)9-8-11(2)14(15)16/h4-9,17H,16H2,1-3H3. The van der Waals surface area contributed by atoms with Crippen LogP contribution in [0.3, 0.4) is 0 Å². The molecule has 0 spiro atoms. The van der Waals surface area contributed by atoms with E-state index in [1.54, 1.807) is 32.0 Å². The summed E-state index contributed by atoms with van der Waals surface area (Å²) in [4.78, 5) is 0.153. The first-order valence-electron chi connectivity index (χ1n) is 6.27. The second kappa shape index (κ2) is 5.17. The van der Waals surface area contributed by atoms with Crippen LogP contribution < -0.4 is 10.5 Å². The van der Waals surface area contributed by atoms with Crippen LogP contribution in [0.15, 0.2) is 41.3 Å². The lowest BCUT2D eigenvalue weighted by Gasteiger charge is -2.15. The maximum absolute atomic E-state index is 12.6. The monoisotopic (exact) mass is 290 g/mol. The Morgan fingerprint density at radius 2 is 1.50 bits per heavy atom.